The van der Waals surface area contributed by atoms with E-state index in [4.69, 9.17) is 4.74 Å². The maximum atomic E-state index is 12.6. The van der Waals surface area contributed by atoms with Crippen molar-refractivity contribution < 1.29 is 24.5 Å². The number of amides is 1. The van der Waals surface area contributed by atoms with Gasteiger partial charge in [0.15, 0.2) is 0 Å². The summed E-state index contributed by atoms with van der Waals surface area (Å²) in [5.74, 6) is -0.455. The number of aryl methyl sites for hydroxylation is 1. The first-order valence-electron chi connectivity index (χ1n) is 9.20. The van der Waals surface area contributed by atoms with Gasteiger partial charge in [-0.05, 0) is 62.6 Å². The number of carbonyl (C=O) groups excluding carboxylic acids is 2. The Labute approximate surface area is 165 Å². The van der Waals surface area contributed by atoms with Crippen LogP contribution in [0.2, 0.25) is 0 Å². The van der Waals surface area contributed by atoms with Crippen LogP contribution in [0.4, 0.5) is 0 Å². The summed E-state index contributed by atoms with van der Waals surface area (Å²) in [6, 6.07) is 12.3. The van der Waals surface area contributed by atoms with E-state index >= 15 is 0 Å². The van der Waals surface area contributed by atoms with Crippen LogP contribution < -0.4 is 5.32 Å². The predicted molar refractivity (Wildman–Crippen MR) is 106 cm³/mol. The average molecular weight is 385 g/mol. The minimum atomic E-state index is -0.823. The van der Waals surface area contributed by atoms with E-state index in [1.54, 1.807) is 57.2 Å². The van der Waals surface area contributed by atoms with Crippen molar-refractivity contribution in [2.75, 3.05) is 0 Å². The molecule has 1 amide bonds. The summed E-state index contributed by atoms with van der Waals surface area (Å²) in [4.78, 5) is 25.0. The number of carbonyl (C=O) groups is 2. The fourth-order valence-electron chi connectivity index (χ4n) is 2.62. The molecule has 28 heavy (non-hydrogen) atoms. The summed E-state index contributed by atoms with van der Waals surface area (Å²) in [5, 5.41) is 21.5. The lowest BCUT2D eigenvalue weighted by molar-refractivity contribution is -0.158. The molecule has 0 aliphatic heterocycles. The fraction of sp³-hybridized carbons (Fsp3) is 0.364. The smallest absolute Gasteiger partial charge is 0.329 e. The second kappa shape index (κ2) is 9.26. The van der Waals surface area contributed by atoms with Gasteiger partial charge in [0.2, 0.25) is 5.91 Å². The molecule has 2 aromatic carbocycles. The van der Waals surface area contributed by atoms with Gasteiger partial charge in [-0.25, -0.2) is 4.79 Å². The van der Waals surface area contributed by atoms with Crippen LogP contribution in [-0.4, -0.2) is 33.7 Å². The van der Waals surface area contributed by atoms with E-state index in [0.29, 0.717) is 6.42 Å². The normalized spacial score (nSPS) is 12.2. The molecule has 0 bridgehead atoms. The lowest BCUT2D eigenvalue weighted by Crippen LogP contribution is -2.45. The number of benzene rings is 2. The highest BCUT2D eigenvalue weighted by Gasteiger charge is 2.26. The Kier molecular flexibility index (Phi) is 7.04. The van der Waals surface area contributed by atoms with Gasteiger partial charge in [-0.3, -0.25) is 4.79 Å². The third-order valence-corrected chi connectivity index (χ3v) is 3.98. The predicted octanol–water partition coefficient (Wildman–Crippen LogP) is 3.10. The van der Waals surface area contributed by atoms with Gasteiger partial charge >= 0.3 is 5.97 Å². The standard InChI is InChI=1S/C22H27NO5/c1-22(2,3)28-21(27)19(14-16-6-11-18(25)12-7-16)23-20(26)13-8-15-4-9-17(24)10-5-15/h4-7,9-12,19,24-25H,8,13-14H2,1-3H3,(H,23,26). The molecular weight excluding hydrogens is 358 g/mol. The molecule has 0 saturated heterocycles. The van der Waals surface area contributed by atoms with Crippen molar-refractivity contribution in [1.82, 2.24) is 5.32 Å². The molecule has 0 fully saturated rings. The van der Waals surface area contributed by atoms with Crippen molar-refractivity contribution in [2.45, 2.75) is 51.7 Å². The molecule has 6 heteroatoms. The van der Waals surface area contributed by atoms with E-state index in [2.05, 4.69) is 5.32 Å². The molecule has 6 nitrogen and oxygen atoms in total. The Bertz CT molecular complexity index is 791. The van der Waals surface area contributed by atoms with E-state index in [9.17, 15) is 19.8 Å². The lowest BCUT2D eigenvalue weighted by atomic mass is 10.0. The van der Waals surface area contributed by atoms with Crippen LogP contribution >= 0.6 is 0 Å². The number of esters is 1. The average Bonchev–Trinajstić information content (AvgIpc) is 2.61. The minimum absolute atomic E-state index is 0.135. The van der Waals surface area contributed by atoms with Gasteiger partial charge < -0.3 is 20.3 Å². The summed E-state index contributed by atoms with van der Waals surface area (Å²) in [6.07, 6.45) is 0.964. The summed E-state index contributed by atoms with van der Waals surface area (Å²) in [5.41, 5.74) is 1.05. The van der Waals surface area contributed by atoms with Crippen LogP contribution in [0.5, 0.6) is 11.5 Å². The molecule has 0 radical (unpaired) electrons. The summed E-state index contributed by atoms with van der Waals surface area (Å²) < 4.78 is 5.44. The van der Waals surface area contributed by atoms with Crippen LogP contribution in [0.15, 0.2) is 48.5 Å². The van der Waals surface area contributed by atoms with Crippen molar-refractivity contribution in [3.8, 4) is 11.5 Å². The van der Waals surface area contributed by atoms with E-state index in [1.165, 1.54) is 12.1 Å². The molecule has 3 N–H and O–H groups in total. The summed E-state index contributed by atoms with van der Waals surface area (Å²) in [7, 11) is 0. The number of nitrogens with one attached hydrogen (secondary N) is 1. The van der Waals surface area contributed by atoms with Gasteiger partial charge in [0.1, 0.15) is 23.1 Å². The number of aromatic hydroxyl groups is 2. The van der Waals surface area contributed by atoms with Crippen LogP contribution in [0, 0.1) is 0 Å². The van der Waals surface area contributed by atoms with E-state index in [1.807, 2.05) is 0 Å². The van der Waals surface area contributed by atoms with Crippen molar-refractivity contribution in [3.63, 3.8) is 0 Å². The SMILES string of the molecule is CC(C)(C)OC(=O)C(Cc1ccc(O)cc1)NC(=O)CCc1ccc(O)cc1. The van der Waals surface area contributed by atoms with Crippen molar-refractivity contribution in [2.24, 2.45) is 0 Å². The van der Waals surface area contributed by atoms with Crippen LogP contribution in [0.3, 0.4) is 0 Å². The zero-order valence-electron chi connectivity index (χ0n) is 16.4. The van der Waals surface area contributed by atoms with Crippen molar-refractivity contribution in [3.05, 3.63) is 59.7 Å². The molecule has 2 aromatic rings. The highest BCUT2D eigenvalue weighted by Crippen LogP contribution is 2.15. The Morgan fingerprint density at radius 1 is 0.929 bits per heavy atom. The monoisotopic (exact) mass is 385 g/mol. The summed E-state index contributed by atoms with van der Waals surface area (Å²) >= 11 is 0. The van der Waals surface area contributed by atoms with E-state index in [0.717, 1.165) is 11.1 Å². The fourth-order valence-corrected chi connectivity index (χ4v) is 2.62. The van der Waals surface area contributed by atoms with E-state index < -0.39 is 17.6 Å². The molecule has 0 heterocycles. The largest absolute Gasteiger partial charge is 0.508 e. The quantitative estimate of drug-likeness (QED) is 0.637. The number of phenolic OH excluding ortho intramolecular Hbond substituents is 2. The lowest BCUT2D eigenvalue weighted by Gasteiger charge is -2.24. The first-order valence-corrected chi connectivity index (χ1v) is 9.20. The van der Waals surface area contributed by atoms with Gasteiger partial charge in [0, 0.05) is 12.8 Å². The topological polar surface area (TPSA) is 95.9 Å². The molecule has 2 rings (SSSR count). The van der Waals surface area contributed by atoms with Gasteiger partial charge in [0.05, 0.1) is 0 Å². The highest BCUT2D eigenvalue weighted by atomic mass is 16.6. The molecule has 0 aliphatic rings. The Balaban J connectivity index is 2.02. The first kappa shape index (κ1) is 21.3. The maximum absolute atomic E-state index is 12.6. The van der Waals surface area contributed by atoms with Crippen LogP contribution in [0.1, 0.15) is 38.3 Å². The molecule has 0 spiro atoms. The Morgan fingerprint density at radius 3 is 1.93 bits per heavy atom. The van der Waals surface area contributed by atoms with Gasteiger partial charge in [-0.15, -0.1) is 0 Å². The molecule has 0 saturated carbocycles. The minimum Gasteiger partial charge on any atom is -0.508 e. The van der Waals surface area contributed by atoms with Crippen LogP contribution in [-0.2, 0) is 27.2 Å². The number of ether oxygens (including phenoxy) is 1. The number of rotatable bonds is 7. The van der Waals surface area contributed by atoms with Gasteiger partial charge in [-0.1, -0.05) is 24.3 Å². The van der Waals surface area contributed by atoms with Gasteiger partial charge in [-0.2, -0.15) is 0 Å². The maximum Gasteiger partial charge on any atom is 0.329 e. The number of hydrogen-bond donors (Lipinski definition) is 3. The molecule has 0 aliphatic carbocycles. The molecule has 0 aromatic heterocycles. The van der Waals surface area contributed by atoms with Gasteiger partial charge in [0.25, 0.3) is 0 Å². The molecule has 1 unspecified atom stereocenters. The second-order valence-electron chi connectivity index (χ2n) is 7.69. The molecule has 1 atom stereocenters. The Morgan fingerprint density at radius 2 is 1.43 bits per heavy atom. The third kappa shape index (κ3) is 7.31. The highest BCUT2D eigenvalue weighted by molar-refractivity contribution is 5.85. The Hall–Kier alpha value is -3.02. The zero-order chi connectivity index (χ0) is 20.7. The van der Waals surface area contributed by atoms with E-state index in [-0.39, 0.29) is 30.2 Å². The van der Waals surface area contributed by atoms with Crippen molar-refractivity contribution >= 4 is 11.9 Å². The molecular formula is C22H27NO5. The zero-order valence-corrected chi connectivity index (χ0v) is 16.4. The summed E-state index contributed by atoms with van der Waals surface area (Å²) in [6.45, 7) is 5.32. The number of phenols is 2. The molecule has 150 valence electrons. The van der Waals surface area contributed by atoms with Crippen molar-refractivity contribution in [1.29, 1.82) is 0 Å². The first-order chi connectivity index (χ1) is 13.1. The second-order valence-corrected chi connectivity index (χ2v) is 7.69. The van der Waals surface area contributed by atoms with Crippen LogP contribution in [0.25, 0.3) is 0 Å². The third-order valence-electron chi connectivity index (χ3n) is 3.98. The number of hydrogen-bond acceptors (Lipinski definition) is 5.